The SMILES string of the molecule is C=CC(Oc1ccccn1)N1C(=O)c2ccccc2C1=O. The summed E-state index contributed by atoms with van der Waals surface area (Å²) in [6.07, 6.45) is 2.07. The van der Waals surface area contributed by atoms with E-state index in [9.17, 15) is 9.59 Å². The molecule has 0 bridgehead atoms. The molecule has 1 unspecified atom stereocenters. The van der Waals surface area contributed by atoms with Crippen LogP contribution in [0.15, 0.2) is 61.3 Å². The Balaban J connectivity index is 1.91. The molecule has 5 heteroatoms. The molecule has 0 saturated heterocycles. The topological polar surface area (TPSA) is 59.5 Å². The molecule has 1 aliphatic heterocycles. The maximum absolute atomic E-state index is 12.4. The Morgan fingerprint density at radius 2 is 1.67 bits per heavy atom. The fourth-order valence-electron chi connectivity index (χ4n) is 2.19. The lowest BCUT2D eigenvalue weighted by Gasteiger charge is -2.23. The summed E-state index contributed by atoms with van der Waals surface area (Å²) in [5.74, 6) is -0.466. The first kappa shape index (κ1) is 13.1. The van der Waals surface area contributed by atoms with Gasteiger partial charge in [-0.25, -0.2) is 9.88 Å². The van der Waals surface area contributed by atoms with Crippen LogP contribution in [0, 0.1) is 0 Å². The minimum absolute atomic E-state index is 0.318. The van der Waals surface area contributed by atoms with Crippen LogP contribution in [0.3, 0.4) is 0 Å². The van der Waals surface area contributed by atoms with Crippen molar-refractivity contribution in [2.45, 2.75) is 6.23 Å². The molecule has 104 valence electrons. The Morgan fingerprint density at radius 3 is 2.19 bits per heavy atom. The number of nitrogens with zero attached hydrogens (tertiary/aromatic N) is 2. The average molecular weight is 280 g/mol. The van der Waals surface area contributed by atoms with Crippen LogP contribution in [0.2, 0.25) is 0 Å². The van der Waals surface area contributed by atoms with Gasteiger partial charge in [0.1, 0.15) is 0 Å². The molecule has 0 saturated carbocycles. The molecule has 5 nitrogen and oxygen atoms in total. The third-order valence-corrected chi connectivity index (χ3v) is 3.16. The van der Waals surface area contributed by atoms with E-state index in [1.807, 2.05) is 0 Å². The zero-order valence-corrected chi connectivity index (χ0v) is 11.1. The van der Waals surface area contributed by atoms with Gasteiger partial charge >= 0.3 is 0 Å². The predicted molar refractivity (Wildman–Crippen MR) is 75.8 cm³/mol. The van der Waals surface area contributed by atoms with Crippen molar-refractivity contribution in [1.82, 2.24) is 9.88 Å². The number of benzene rings is 1. The number of hydrogen-bond donors (Lipinski definition) is 0. The summed E-state index contributed by atoms with van der Waals surface area (Å²) in [5, 5.41) is 0. The first-order valence-electron chi connectivity index (χ1n) is 6.39. The van der Waals surface area contributed by atoms with Crippen LogP contribution in [-0.2, 0) is 0 Å². The predicted octanol–water partition coefficient (Wildman–Crippen LogP) is 2.27. The Labute approximate surface area is 121 Å². The van der Waals surface area contributed by atoms with Gasteiger partial charge in [-0.2, -0.15) is 0 Å². The molecule has 0 fully saturated rings. The fourth-order valence-corrected chi connectivity index (χ4v) is 2.19. The zero-order valence-electron chi connectivity index (χ0n) is 11.1. The van der Waals surface area contributed by atoms with Gasteiger partial charge in [-0.15, -0.1) is 0 Å². The number of carbonyl (C=O) groups is 2. The van der Waals surface area contributed by atoms with Crippen LogP contribution in [0.4, 0.5) is 0 Å². The number of carbonyl (C=O) groups excluding carboxylic acids is 2. The number of imide groups is 1. The van der Waals surface area contributed by atoms with Crippen molar-refractivity contribution >= 4 is 11.8 Å². The van der Waals surface area contributed by atoms with E-state index >= 15 is 0 Å². The van der Waals surface area contributed by atoms with Gasteiger partial charge in [-0.3, -0.25) is 9.59 Å². The zero-order chi connectivity index (χ0) is 14.8. The van der Waals surface area contributed by atoms with E-state index < -0.39 is 18.0 Å². The number of amides is 2. The molecule has 2 aromatic rings. The Hall–Kier alpha value is -2.95. The Morgan fingerprint density at radius 1 is 1.05 bits per heavy atom. The van der Waals surface area contributed by atoms with Gasteiger partial charge < -0.3 is 4.74 Å². The molecule has 0 aliphatic carbocycles. The highest BCUT2D eigenvalue weighted by Gasteiger charge is 2.39. The smallest absolute Gasteiger partial charge is 0.264 e. The lowest BCUT2D eigenvalue weighted by atomic mass is 10.1. The molecule has 1 atom stereocenters. The largest absolute Gasteiger partial charge is 0.449 e. The molecule has 1 aliphatic rings. The number of fused-ring (bicyclic) bond motifs is 1. The molecule has 1 aromatic heterocycles. The summed E-state index contributed by atoms with van der Waals surface area (Å²) in [4.78, 5) is 29.8. The first-order valence-corrected chi connectivity index (χ1v) is 6.39. The summed E-state index contributed by atoms with van der Waals surface area (Å²) in [5.41, 5.74) is 0.748. The summed E-state index contributed by atoms with van der Waals surface area (Å²) >= 11 is 0. The van der Waals surface area contributed by atoms with Crippen molar-refractivity contribution in [2.24, 2.45) is 0 Å². The van der Waals surface area contributed by atoms with Crippen molar-refractivity contribution in [2.75, 3.05) is 0 Å². The van der Waals surface area contributed by atoms with Crippen molar-refractivity contribution in [3.8, 4) is 5.88 Å². The van der Waals surface area contributed by atoms with Crippen molar-refractivity contribution in [3.63, 3.8) is 0 Å². The molecule has 3 rings (SSSR count). The number of ether oxygens (including phenoxy) is 1. The van der Waals surface area contributed by atoms with E-state index in [1.165, 1.54) is 6.08 Å². The first-order chi connectivity index (χ1) is 10.2. The van der Waals surface area contributed by atoms with E-state index in [4.69, 9.17) is 4.74 Å². The normalized spacial score (nSPS) is 14.8. The summed E-state index contributed by atoms with van der Waals surface area (Å²) in [7, 11) is 0. The average Bonchev–Trinajstić information content (AvgIpc) is 2.78. The minimum Gasteiger partial charge on any atom is -0.449 e. The molecule has 0 spiro atoms. The maximum Gasteiger partial charge on any atom is 0.264 e. The van der Waals surface area contributed by atoms with Gasteiger partial charge in [0.25, 0.3) is 11.8 Å². The molecular formula is C16H12N2O3. The van der Waals surface area contributed by atoms with Gasteiger partial charge in [0.05, 0.1) is 11.1 Å². The van der Waals surface area contributed by atoms with E-state index in [0.29, 0.717) is 17.0 Å². The standard InChI is InChI=1S/C16H12N2O3/c1-2-14(21-13-9-5-6-10-17-13)18-15(19)11-7-3-4-8-12(11)16(18)20/h2-10,14H,1H2. The summed E-state index contributed by atoms with van der Waals surface area (Å²) < 4.78 is 5.57. The highest BCUT2D eigenvalue weighted by molar-refractivity contribution is 6.21. The highest BCUT2D eigenvalue weighted by atomic mass is 16.5. The number of aromatic nitrogens is 1. The van der Waals surface area contributed by atoms with Crippen molar-refractivity contribution in [3.05, 3.63) is 72.4 Å². The third kappa shape index (κ3) is 2.18. The maximum atomic E-state index is 12.4. The third-order valence-electron chi connectivity index (χ3n) is 3.16. The van der Waals surface area contributed by atoms with Gasteiger partial charge in [0.2, 0.25) is 12.1 Å². The number of pyridine rings is 1. The van der Waals surface area contributed by atoms with Crippen molar-refractivity contribution in [1.29, 1.82) is 0 Å². The molecular weight excluding hydrogens is 268 g/mol. The number of rotatable bonds is 4. The Kier molecular flexibility index (Phi) is 3.23. The second-order valence-electron chi connectivity index (χ2n) is 4.44. The van der Waals surface area contributed by atoms with Crippen LogP contribution in [0.5, 0.6) is 5.88 Å². The van der Waals surface area contributed by atoms with Crippen LogP contribution in [-0.4, -0.2) is 27.9 Å². The molecule has 0 radical (unpaired) electrons. The number of hydrogen-bond acceptors (Lipinski definition) is 4. The molecule has 21 heavy (non-hydrogen) atoms. The van der Waals surface area contributed by atoms with Crippen LogP contribution < -0.4 is 4.74 Å². The lowest BCUT2D eigenvalue weighted by molar-refractivity contribution is 0.0364. The molecule has 1 aromatic carbocycles. The minimum atomic E-state index is -0.896. The lowest BCUT2D eigenvalue weighted by Crippen LogP contribution is -2.42. The van der Waals surface area contributed by atoms with Crippen LogP contribution in [0.25, 0.3) is 0 Å². The van der Waals surface area contributed by atoms with Crippen LogP contribution in [0.1, 0.15) is 20.7 Å². The van der Waals surface area contributed by atoms with Crippen molar-refractivity contribution < 1.29 is 14.3 Å². The molecule has 0 N–H and O–H groups in total. The molecule has 2 amide bonds. The van der Waals surface area contributed by atoms with E-state index in [1.54, 1.807) is 48.7 Å². The van der Waals surface area contributed by atoms with E-state index in [2.05, 4.69) is 11.6 Å². The highest BCUT2D eigenvalue weighted by Crippen LogP contribution is 2.25. The monoisotopic (exact) mass is 280 g/mol. The second-order valence-corrected chi connectivity index (χ2v) is 4.44. The van der Waals surface area contributed by atoms with Gasteiger partial charge in [-0.05, 0) is 24.3 Å². The van der Waals surface area contributed by atoms with Gasteiger partial charge in [0.15, 0.2) is 0 Å². The van der Waals surface area contributed by atoms with Gasteiger partial charge in [0, 0.05) is 12.3 Å². The quantitative estimate of drug-likeness (QED) is 0.636. The Bertz CT molecular complexity index is 677. The van der Waals surface area contributed by atoms with E-state index in [-0.39, 0.29) is 0 Å². The summed E-state index contributed by atoms with van der Waals surface area (Å²) in [6, 6.07) is 11.8. The molecule has 2 heterocycles. The summed E-state index contributed by atoms with van der Waals surface area (Å²) in [6.45, 7) is 3.63. The second kappa shape index (κ2) is 5.20. The van der Waals surface area contributed by atoms with Crippen LogP contribution >= 0.6 is 0 Å². The fraction of sp³-hybridized carbons (Fsp3) is 0.0625. The van der Waals surface area contributed by atoms with E-state index in [0.717, 1.165) is 4.90 Å². The van der Waals surface area contributed by atoms with Gasteiger partial charge in [-0.1, -0.05) is 24.8 Å².